The van der Waals surface area contributed by atoms with Crippen molar-refractivity contribution >= 4 is 5.91 Å². The van der Waals surface area contributed by atoms with Gasteiger partial charge in [-0.2, -0.15) is 0 Å². The van der Waals surface area contributed by atoms with Gasteiger partial charge in [-0.05, 0) is 12.3 Å². The number of aliphatic hydroxyl groups excluding tert-OH is 1. The van der Waals surface area contributed by atoms with Gasteiger partial charge in [-0.3, -0.25) is 4.79 Å². The van der Waals surface area contributed by atoms with E-state index in [1.165, 1.54) is 0 Å². The Kier molecular flexibility index (Phi) is 7.16. The van der Waals surface area contributed by atoms with E-state index >= 15 is 0 Å². The van der Waals surface area contributed by atoms with Gasteiger partial charge in [0.05, 0.1) is 5.92 Å². The van der Waals surface area contributed by atoms with E-state index in [4.69, 9.17) is 10.8 Å². The number of carbonyl (C=O) groups is 1. The van der Waals surface area contributed by atoms with E-state index in [1.54, 1.807) is 0 Å². The Hall–Kier alpha value is -0.750. The van der Waals surface area contributed by atoms with Crippen molar-refractivity contribution in [2.75, 3.05) is 13.1 Å². The van der Waals surface area contributed by atoms with Crippen LogP contribution >= 0.6 is 0 Å². The lowest BCUT2D eigenvalue weighted by Gasteiger charge is -2.18. The van der Waals surface area contributed by atoms with E-state index in [9.17, 15) is 13.6 Å². The van der Waals surface area contributed by atoms with E-state index in [0.717, 1.165) is 0 Å². The maximum absolute atomic E-state index is 11.9. The van der Waals surface area contributed by atoms with Crippen molar-refractivity contribution in [2.24, 2.45) is 17.6 Å². The average Bonchev–Trinajstić information content (AvgIpc) is 2.21. The fraction of sp³-hybridized carbons (Fsp3) is 0.900. The van der Waals surface area contributed by atoms with Crippen LogP contribution in [0.4, 0.5) is 8.78 Å². The van der Waals surface area contributed by atoms with Gasteiger partial charge in [0.15, 0.2) is 0 Å². The molecule has 0 bridgehead atoms. The number of rotatable bonds is 7. The summed E-state index contributed by atoms with van der Waals surface area (Å²) in [5, 5.41) is 11.1. The second-order valence-corrected chi connectivity index (χ2v) is 4.21. The molecular formula is C10H20F2N2O2. The van der Waals surface area contributed by atoms with Crippen LogP contribution in [-0.2, 0) is 4.79 Å². The molecule has 0 aromatic carbocycles. The van der Waals surface area contributed by atoms with Gasteiger partial charge in [-0.1, -0.05) is 13.8 Å². The molecule has 0 aromatic rings. The number of carbonyl (C=O) groups excluding carboxylic acids is 1. The minimum atomic E-state index is -2.85. The quantitative estimate of drug-likeness (QED) is 0.599. The topological polar surface area (TPSA) is 75.4 Å². The van der Waals surface area contributed by atoms with Crippen LogP contribution in [0.3, 0.4) is 0 Å². The molecule has 0 aromatic heterocycles. The van der Waals surface area contributed by atoms with E-state index in [1.807, 2.05) is 13.8 Å². The molecule has 4 nitrogen and oxygen atoms in total. The number of aliphatic hydroxyl groups is 1. The highest BCUT2D eigenvalue weighted by atomic mass is 19.3. The summed E-state index contributed by atoms with van der Waals surface area (Å²) in [5.41, 5.74) is 5.42. The molecule has 0 radical (unpaired) electrons. The highest BCUT2D eigenvalue weighted by molar-refractivity contribution is 5.78. The smallest absolute Gasteiger partial charge is 0.265 e. The first-order valence-electron chi connectivity index (χ1n) is 5.32. The van der Waals surface area contributed by atoms with Crippen LogP contribution in [0.5, 0.6) is 0 Å². The van der Waals surface area contributed by atoms with Crippen molar-refractivity contribution in [1.29, 1.82) is 0 Å². The van der Waals surface area contributed by atoms with Gasteiger partial charge in [0.1, 0.15) is 6.10 Å². The molecule has 6 heteroatoms. The Labute approximate surface area is 94.2 Å². The molecule has 16 heavy (non-hydrogen) atoms. The van der Waals surface area contributed by atoms with Crippen molar-refractivity contribution in [1.82, 2.24) is 5.32 Å². The molecule has 0 saturated heterocycles. The van der Waals surface area contributed by atoms with Crippen molar-refractivity contribution in [3.05, 3.63) is 0 Å². The molecule has 1 amide bonds. The van der Waals surface area contributed by atoms with E-state index in [2.05, 4.69) is 5.32 Å². The third-order valence-electron chi connectivity index (χ3n) is 2.19. The molecule has 0 heterocycles. The maximum atomic E-state index is 11.9. The summed E-state index contributed by atoms with van der Waals surface area (Å²) in [4.78, 5) is 11.5. The molecule has 0 aliphatic heterocycles. The predicted octanol–water partition coefficient (Wildman–Crippen LogP) is 0.350. The first kappa shape index (κ1) is 15.2. The lowest BCUT2D eigenvalue weighted by molar-refractivity contribution is -0.126. The van der Waals surface area contributed by atoms with E-state index in [-0.39, 0.29) is 18.4 Å². The number of alkyl halides is 2. The average molecular weight is 238 g/mol. The normalized spacial score (nSPS) is 15.2. The summed E-state index contributed by atoms with van der Waals surface area (Å²) in [5.74, 6) is -0.458. The Balaban J connectivity index is 4.02. The number of halogens is 2. The van der Waals surface area contributed by atoms with E-state index < -0.39 is 19.1 Å². The van der Waals surface area contributed by atoms with Crippen LogP contribution in [0, 0.1) is 11.8 Å². The Morgan fingerprint density at radius 1 is 1.44 bits per heavy atom. The fourth-order valence-electron chi connectivity index (χ4n) is 1.32. The molecule has 0 fully saturated rings. The second kappa shape index (κ2) is 7.51. The first-order valence-corrected chi connectivity index (χ1v) is 5.32. The van der Waals surface area contributed by atoms with E-state index in [0.29, 0.717) is 12.3 Å². The minimum absolute atomic E-state index is 0.175. The SMILES string of the molecule is CC(C)CC(CN)C(=O)NCC(O)C(F)F. The Bertz CT molecular complexity index is 213. The van der Waals surface area contributed by atoms with Crippen molar-refractivity contribution in [3.63, 3.8) is 0 Å². The van der Waals surface area contributed by atoms with Crippen molar-refractivity contribution < 1.29 is 18.7 Å². The molecule has 0 aliphatic rings. The number of amides is 1. The van der Waals surface area contributed by atoms with Gasteiger partial charge in [-0.15, -0.1) is 0 Å². The third-order valence-corrected chi connectivity index (χ3v) is 2.19. The van der Waals surface area contributed by atoms with Crippen LogP contribution in [0.15, 0.2) is 0 Å². The molecular weight excluding hydrogens is 218 g/mol. The Morgan fingerprint density at radius 3 is 2.38 bits per heavy atom. The largest absolute Gasteiger partial charge is 0.385 e. The van der Waals surface area contributed by atoms with Crippen LogP contribution in [0.25, 0.3) is 0 Å². The number of nitrogens with two attached hydrogens (primary N) is 1. The summed E-state index contributed by atoms with van der Waals surface area (Å²) >= 11 is 0. The highest BCUT2D eigenvalue weighted by Crippen LogP contribution is 2.10. The van der Waals surface area contributed by atoms with Gasteiger partial charge in [0.2, 0.25) is 5.91 Å². The lowest BCUT2D eigenvalue weighted by atomic mass is 9.96. The zero-order chi connectivity index (χ0) is 12.7. The predicted molar refractivity (Wildman–Crippen MR) is 57.0 cm³/mol. The molecule has 96 valence electrons. The lowest BCUT2D eigenvalue weighted by Crippen LogP contribution is -2.41. The zero-order valence-corrected chi connectivity index (χ0v) is 9.62. The number of nitrogens with one attached hydrogen (secondary N) is 1. The Morgan fingerprint density at radius 2 is 2.00 bits per heavy atom. The van der Waals surface area contributed by atoms with Crippen molar-refractivity contribution in [2.45, 2.75) is 32.8 Å². The molecule has 0 aliphatic carbocycles. The molecule has 0 rings (SSSR count). The molecule has 0 spiro atoms. The van der Waals surface area contributed by atoms with Crippen LogP contribution < -0.4 is 11.1 Å². The summed E-state index contributed by atoms with van der Waals surface area (Å²) in [6.07, 6.45) is -4.06. The molecule has 0 saturated carbocycles. The highest BCUT2D eigenvalue weighted by Gasteiger charge is 2.21. The van der Waals surface area contributed by atoms with Gasteiger partial charge in [0.25, 0.3) is 6.43 Å². The monoisotopic (exact) mass is 238 g/mol. The second-order valence-electron chi connectivity index (χ2n) is 4.21. The van der Waals surface area contributed by atoms with Crippen LogP contribution in [-0.4, -0.2) is 36.6 Å². The summed E-state index contributed by atoms with van der Waals surface area (Å²) in [6.45, 7) is 3.63. The van der Waals surface area contributed by atoms with Gasteiger partial charge < -0.3 is 16.2 Å². The van der Waals surface area contributed by atoms with Crippen LogP contribution in [0.2, 0.25) is 0 Å². The maximum Gasteiger partial charge on any atom is 0.265 e. The standard InChI is InChI=1S/C10H20F2N2O2/c1-6(2)3-7(4-13)10(16)14-5-8(15)9(11)12/h6-9,15H,3-5,13H2,1-2H3,(H,14,16). The first-order chi connectivity index (χ1) is 7.38. The van der Waals surface area contributed by atoms with Crippen molar-refractivity contribution in [3.8, 4) is 0 Å². The zero-order valence-electron chi connectivity index (χ0n) is 9.62. The third kappa shape index (κ3) is 5.97. The summed E-state index contributed by atoms with van der Waals surface area (Å²) in [6, 6.07) is 0. The fourth-order valence-corrected chi connectivity index (χ4v) is 1.32. The minimum Gasteiger partial charge on any atom is -0.385 e. The molecule has 4 N–H and O–H groups in total. The summed E-state index contributed by atoms with van der Waals surface area (Å²) < 4.78 is 23.9. The summed E-state index contributed by atoms with van der Waals surface area (Å²) in [7, 11) is 0. The van der Waals surface area contributed by atoms with Crippen LogP contribution in [0.1, 0.15) is 20.3 Å². The molecule has 2 atom stereocenters. The van der Waals surface area contributed by atoms with Gasteiger partial charge >= 0.3 is 0 Å². The van der Waals surface area contributed by atoms with Gasteiger partial charge in [0, 0.05) is 13.1 Å². The number of hydrogen-bond donors (Lipinski definition) is 3. The number of hydrogen-bond acceptors (Lipinski definition) is 3. The molecule has 2 unspecified atom stereocenters. The van der Waals surface area contributed by atoms with Gasteiger partial charge in [-0.25, -0.2) is 8.78 Å².